The molecular weight excluding hydrogens is 335 g/mol. The smallest absolute Gasteiger partial charge is 0.261 e. The summed E-state index contributed by atoms with van der Waals surface area (Å²) in [5.74, 6) is -2.25. The molecule has 24 heavy (non-hydrogen) atoms. The van der Waals surface area contributed by atoms with Crippen LogP contribution in [0.3, 0.4) is 0 Å². The van der Waals surface area contributed by atoms with E-state index < -0.39 is 23.5 Å². The fourth-order valence-electron chi connectivity index (χ4n) is 2.53. The second-order valence-electron chi connectivity index (χ2n) is 5.16. The number of carbonyl (C=O) groups excluding carboxylic acids is 3. The van der Waals surface area contributed by atoms with E-state index in [4.69, 9.17) is 11.6 Å². The molecule has 5 nitrogen and oxygen atoms in total. The molecule has 122 valence electrons. The van der Waals surface area contributed by atoms with Crippen LogP contribution in [-0.2, 0) is 0 Å². The second-order valence-corrected chi connectivity index (χ2v) is 5.57. The van der Waals surface area contributed by atoms with Crippen molar-refractivity contribution in [2.75, 3.05) is 13.1 Å². The van der Waals surface area contributed by atoms with Crippen LogP contribution in [0.2, 0.25) is 5.02 Å². The number of fused-ring (bicyclic) bond motifs is 1. The van der Waals surface area contributed by atoms with Gasteiger partial charge in [0.1, 0.15) is 5.82 Å². The molecule has 0 radical (unpaired) electrons. The molecule has 0 aliphatic carbocycles. The lowest BCUT2D eigenvalue weighted by Gasteiger charge is -2.14. The fraction of sp³-hybridized carbons (Fsp3) is 0.118. The molecule has 2 aromatic carbocycles. The zero-order valence-electron chi connectivity index (χ0n) is 12.4. The molecule has 0 fully saturated rings. The van der Waals surface area contributed by atoms with E-state index in [0.717, 1.165) is 11.0 Å². The van der Waals surface area contributed by atoms with Crippen molar-refractivity contribution in [3.8, 4) is 0 Å². The van der Waals surface area contributed by atoms with Crippen LogP contribution in [0.4, 0.5) is 4.39 Å². The molecule has 1 aliphatic heterocycles. The van der Waals surface area contributed by atoms with Crippen molar-refractivity contribution in [1.82, 2.24) is 10.2 Å². The van der Waals surface area contributed by atoms with Gasteiger partial charge < -0.3 is 5.32 Å². The maximum Gasteiger partial charge on any atom is 0.261 e. The molecule has 2 aromatic rings. The molecule has 0 bridgehead atoms. The number of amides is 3. The molecule has 3 amide bonds. The number of rotatable bonds is 4. The van der Waals surface area contributed by atoms with E-state index >= 15 is 0 Å². The molecule has 0 unspecified atom stereocenters. The summed E-state index contributed by atoms with van der Waals surface area (Å²) in [7, 11) is 0. The van der Waals surface area contributed by atoms with Gasteiger partial charge in [-0.1, -0.05) is 29.8 Å². The van der Waals surface area contributed by atoms with Crippen LogP contribution in [0.15, 0.2) is 42.5 Å². The minimum atomic E-state index is -0.735. The van der Waals surface area contributed by atoms with Gasteiger partial charge in [-0.2, -0.15) is 0 Å². The van der Waals surface area contributed by atoms with Gasteiger partial charge in [0.25, 0.3) is 17.7 Å². The minimum absolute atomic E-state index is 0.00499. The quantitative estimate of drug-likeness (QED) is 0.865. The number of halogens is 2. The summed E-state index contributed by atoms with van der Waals surface area (Å²) >= 11 is 5.82. The fourth-order valence-corrected chi connectivity index (χ4v) is 2.78. The van der Waals surface area contributed by atoms with Crippen LogP contribution in [0.1, 0.15) is 31.1 Å². The predicted octanol–water partition coefficient (Wildman–Crippen LogP) is 2.51. The van der Waals surface area contributed by atoms with Gasteiger partial charge in [-0.3, -0.25) is 19.3 Å². The van der Waals surface area contributed by atoms with Crippen LogP contribution in [-0.4, -0.2) is 35.7 Å². The minimum Gasteiger partial charge on any atom is -0.350 e. The molecule has 1 N–H and O–H groups in total. The van der Waals surface area contributed by atoms with Crippen molar-refractivity contribution in [2.24, 2.45) is 0 Å². The third-order valence-corrected chi connectivity index (χ3v) is 4.00. The first kappa shape index (κ1) is 16.1. The van der Waals surface area contributed by atoms with Crippen LogP contribution in [0, 0.1) is 5.82 Å². The van der Waals surface area contributed by atoms with E-state index in [0.29, 0.717) is 11.1 Å². The molecule has 0 saturated carbocycles. The first-order valence-corrected chi connectivity index (χ1v) is 7.56. The van der Waals surface area contributed by atoms with Crippen LogP contribution < -0.4 is 5.32 Å². The third-order valence-electron chi connectivity index (χ3n) is 3.69. The number of nitrogens with one attached hydrogen (secondary N) is 1. The lowest BCUT2D eigenvalue weighted by molar-refractivity contribution is 0.0649. The standard InChI is InChI=1S/C17H12ClFN2O3/c18-12-6-3-7-13(19)14(12)15(22)20-8-9-21-16(23)10-4-1-2-5-11(10)17(21)24/h1-7H,8-9H2,(H,20,22). The average Bonchev–Trinajstić information content (AvgIpc) is 2.80. The number of hydrogen-bond donors (Lipinski definition) is 1. The number of hydrogen-bond acceptors (Lipinski definition) is 3. The van der Waals surface area contributed by atoms with E-state index in [2.05, 4.69) is 5.32 Å². The molecule has 0 saturated heterocycles. The van der Waals surface area contributed by atoms with Crippen molar-refractivity contribution < 1.29 is 18.8 Å². The SMILES string of the molecule is O=C(NCCN1C(=O)c2ccccc2C1=O)c1c(F)cccc1Cl. The summed E-state index contributed by atoms with van der Waals surface area (Å²) in [6, 6.07) is 10.4. The Hall–Kier alpha value is -2.73. The molecule has 7 heteroatoms. The van der Waals surface area contributed by atoms with Gasteiger partial charge in [0.05, 0.1) is 21.7 Å². The highest BCUT2D eigenvalue weighted by molar-refractivity contribution is 6.33. The summed E-state index contributed by atoms with van der Waals surface area (Å²) in [5, 5.41) is 2.46. The van der Waals surface area contributed by atoms with Crippen molar-refractivity contribution >= 4 is 29.3 Å². The highest BCUT2D eigenvalue weighted by Crippen LogP contribution is 2.22. The Kier molecular flexibility index (Phi) is 4.31. The molecule has 0 aromatic heterocycles. The van der Waals surface area contributed by atoms with E-state index in [-0.39, 0.29) is 23.7 Å². The monoisotopic (exact) mass is 346 g/mol. The van der Waals surface area contributed by atoms with Gasteiger partial charge in [-0.05, 0) is 24.3 Å². The van der Waals surface area contributed by atoms with Gasteiger partial charge in [-0.15, -0.1) is 0 Å². The second kappa shape index (κ2) is 6.41. The van der Waals surface area contributed by atoms with Crippen LogP contribution in [0.25, 0.3) is 0 Å². The molecule has 1 aliphatic rings. The number of nitrogens with zero attached hydrogens (tertiary/aromatic N) is 1. The predicted molar refractivity (Wildman–Crippen MR) is 85.6 cm³/mol. The van der Waals surface area contributed by atoms with Crippen LogP contribution >= 0.6 is 11.6 Å². The van der Waals surface area contributed by atoms with Crippen LogP contribution in [0.5, 0.6) is 0 Å². The van der Waals surface area contributed by atoms with Gasteiger partial charge in [0.2, 0.25) is 0 Å². The Morgan fingerprint density at radius 2 is 1.67 bits per heavy atom. The zero-order chi connectivity index (χ0) is 17.3. The van der Waals surface area contributed by atoms with Gasteiger partial charge in [0, 0.05) is 13.1 Å². The topological polar surface area (TPSA) is 66.5 Å². The summed E-state index contributed by atoms with van der Waals surface area (Å²) in [6.07, 6.45) is 0. The normalized spacial score (nSPS) is 13.2. The Balaban J connectivity index is 1.65. The molecule has 1 heterocycles. The highest BCUT2D eigenvalue weighted by Gasteiger charge is 2.34. The van der Waals surface area contributed by atoms with Crippen molar-refractivity contribution in [3.05, 3.63) is 70.0 Å². The van der Waals surface area contributed by atoms with Gasteiger partial charge >= 0.3 is 0 Å². The lowest BCUT2D eigenvalue weighted by atomic mass is 10.1. The highest BCUT2D eigenvalue weighted by atomic mass is 35.5. The summed E-state index contributed by atoms with van der Waals surface area (Å²) in [4.78, 5) is 37.4. The first-order chi connectivity index (χ1) is 11.5. The van der Waals surface area contributed by atoms with Crippen molar-refractivity contribution in [1.29, 1.82) is 0 Å². The van der Waals surface area contributed by atoms with Crippen molar-refractivity contribution in [2.45, 2.75) is 0 Å². The third kappa shape index (κ3) is 2.76. The zero-order valence-corrected chi connectivity index (χ0v) is 13.1. The Bertz CT molecular complexity index is 798. The van der Waals surface area contributed by atoms with E-state index in [1.54, 1.807) is 24.3 Å². The summed E-state index contributed by atoms with van der Waals surface area (Å²) in [5.41, 5.74) is 0.415. The van der Waals surface area contributed by atoms with Crippen molar-refractivity contribution in [3.63, 3.8) is 0 Å². The number of benzene rings is 2. The van der Waals surface area contributed by atoms with Gasteiger partial charge in [-0.25, -0.2) is 4.39 Å². The maximum absolute atomic E-state index is 13.7. The van der Waals surface area contributed by atoms with E-state index in [9.17, 15) is 18.8 Å². The van der Waals surface area contributed by atoms with E-state index in [1.165, 1.54) is 12.1 Å². The first-order valence-electron chi connectivity index (χ1n) is 7.18. The number of carbonyl (C=O) groups is 3. The average molecular weight is 347 g/mol. The van der Waals surface area contributed by atoms with Gasteiger partial charge in [0.15, 0.2) is 0 Å². The Morgan fingerprint density at radius 3 is 2.25 bits per heavy atom. The molecular formula is C17H12ClFN2O3. The molecule has 0 atom stereocenters. The number of imide groups is 1. The Labute approximate surface area is 142 Å². The summed E-state index contributed by atoms with van der Waals surface area (Å²) < 4.78 is 13.7. The maximum atomic E-state index is 13.7. The lowest BCUT2D eigenvalue weighted by Crippen LogP contribution is -2.38. The molecule has 0 spiro atoms. The van der Waals surface area contributed by atoms with E-state index in [1.807, 2.05) is 0 Å². The Morgan fingerprint density at radius 1 is 1.04 bits per heavy atom. The largest absolute Gasteiger partial charge is 0.350 e. The molecule has 3 rings (SSSR count). The summed E-state index contributed by atoms with van der Waals surface area (Å²) in [6.45, 7) is -0.0148.